The van der Waals surface area contributed by atoms with E-state index in [2.05, 4.69) is 10.6 Å². The summed E-state index contributed by atoms with van der Waals surface area (Å²) in [5.74, 6) is -0.0142. The zero-order chi connectivity index (χ0) is 16.7. The number of amides is 3. The van der Waals surface area contributed by atoms with Crippen molar-refractivity contribution >= 4 is 17.6 Å². The van der Waals surface area contributed by atoms with Crippen molar-refractivity contribution < 1.29 is 14.3 Å². The van der Waals surface area contributed by atoms with E-state index in [-0.39, 0.29) is 23.9 Å². The zero-order valence-corrected chi connectivity index (χ0v) is 13.7. The minimum Gasteiger partial charge on any atom is -0.383 e. The van der Waals surface area contributed by atoms with Crippen LogP contribution in [0.15, 0.2) is 30.3 Å². The third-order valence-corrected chi connectivity index (χ3v) is 3.98. The van der Waals surface area contributed by atoms with Crippen molar-refractivity contribution in [2.45, 2.75) is 25.8 Å². The van der Waals surface area contributed by atoms with E-state index in [9.17, 15) is 9.59 Å². The molecule has 1 atom stereocenters. The highest BCUT2D eigenvalue weighted by Crippen LogP contribution is 2.19. The van der Waals surface area contributed by atoms with Gasteiger partial charge in [0.1, 0.15) is 0 Å². The van der Waals surface area contributed by atoms with Gasteiger partial charge in [-0.25, -0.2) is 4.79 Å². The van der Waals surface area contributed by atoms with Crippen LogP contribution in [0.5, 0.6) is 0 Å². The van der Waals surface area contributed by atoms with E-state index in [4.69, 9.17) is 4.74 Å². The second-order valence-electron chi connectivity index (χ2n) is 5.92. The van der Waals surface area contributed by atoms with Crippen molar-refractivity contribution in [1.82, 2.24) is 10.2 Å². The molecule has 0 aliphatic carbocycles. The van der Waals surface area contributed by atoms with Crippen LogP contribution in [0.25, 0.3) is 0 Å². The molecule has 1 unspecified atom stereocenters. The van der Waals surface area contributed by atoms with Crippen LogP contribution in [0.2, 0.25) is 0 Å². The number of nitrogens with one attached hydrogen (secondary N) is 2. The lowest BCUT2D eigenvalue weighted by molar-refractivity contribution is -0.121. The summed E-state index contributed by atoms with van der Waals surface area (Å²) in [5.41, 5.74) is 0.811. The number of urea groups is 1. The van der Waals surface area contributed by atoms with Crippen molar-refractivity contribution in [3.8, 4) is 0 Å². The van der Waals surface area contributed by atoms with Gasteiger partial charge < -0.3 is 20.3 Å². The maximum absolute atomic E-state index is 12.3. The normalized spacial score (nSPS) is 16.7. The van der Waals surface area contributed by atoms with Gasteiger partial charge in [-0.05, 0) is 31.9 Å². The Morgan fingerprint density at radius 3 is 2.52 bits per heavy atom. The van der Waals surface area contributed by atoms with Crippen LogP contribution >= 0.6 is 0 Å². The molecular weight excluding hydrogens is 294 g/mol. The fourth-order valence-corrected chi connectivity index (χ4v) is 2.70. The number of carbonyl (C=O) groups excluding carboxylic acids is 2. The molecule has 2 N–H and O–H groups in total. The molecule has 1 aliphatic heterocycles. The Morgan fingerprint density at radius 2 is 1.91 bits per heavy atom. The van der Waals surface area contributed by atoms with Crippen LogP contribution in [-0.2, 0) is 9.53 Å². The highest BCUT2D eigenvalue weighted by molar-refractivity contribution is 5.92. The zero-order valence-electron chi connectivity index (χ0n) is 13.7. The summed E-state index contributed by atoms with van der Waals surface area (Å²) < 4.78 is 5.01. The number of para-hydroxylation sites is 1. The molecular formula is C17H25N3O3. The van der Waals surface area contributed by atoms with Gasteiger partial charge in [0.05, 0.1) is 12.6 Å². The predicted molar refractivity (Wildman–Crippen MR) is 89.2 cm³/mol. The van der Waals surface area contributed by atoms with E-state index >= 15 is 0 Å². The topological polar surface area (TPSA) is 70.7 Å². The van der Waals surface area contributed by atoms with E-state index in [0.29, 0.717) is 32.5 Å². The summed E-state index contributed by atoms with van der Waals surface area (Å²) in [6, 6.07) is 9.34. The molecule has 1 fully saturated rings. The summed E-state index contributed by atoms with van der Waals surface area (Å²) in [4.78, 5) is 26.1. The summed E-state index contributed by atoms with van der Waals surface area (Å²) >= 11 is 0. The Hall–Kier alpha value is -2.08. The predicted octanol–water partition coefficient (Wildman–Crippen LogP) is 2.08. The second kappa shape index (κ2) is 8.53. The lowest BCUT2D eigenvalue weighted by atomic mass is 9.96. The second-order valence-corrected chi connectivity index (χ2v) is 5.92. The van der Waals surface area contributed by atoms with Crippen molar-refractivity contribution in [2.75, 3.05) is 32.1 Å². The largest absolute Gasteiger partial charge is 0.383 e. The molecule has 2 rings (SSSR count). The van der Waals surface area contributed by atoms with Crippen LogP contribution in [0.3, 0.4) is 0 Å². The molecule has 1 heterocycles. The van der Waals surface area contributed by atoms with Gasteiger partial charge in [-0.15, -0.1) is 0 Å². The Bertz CT molecular complexity index is 513. The Morgan fingerprint density at radius 1 is 1.26 bits per heavy atom. The molecule has 0 spiro atoms. The lowest BCUT2D eigenvalue weighted by Gasteiger charge is -2.32. The Balaban J connectivity index is 1.77. The molecule has 6 heteroatoms. The van der Waals surface area contributed by atoms with Gasteiger partial charge >= 0.3 is 6.03 Å². The number of nitrogens with zero attached hydrogens (tertiary/aromatic N) is 1. The first-order valence-corrected chi connectivity index (χ1v) is 8.00. The molecule has 0 radical (unpaired) electrons. The van der Waals surface area contributed by atoms with E-state index in [1.807, 2.05) is 37.3 Å². The van der Waals surface area contributed by atoms with E-state index in [1.165, 1.54) is 0 Å². The van der Waals surface area contributed by atoms with Crippen LogP contribution in [0, 0.1) is 5.92 Å². The number of methoxy groups -OCH3 is 1. The molecule has 6 nitrogen and oxygen atoms in total. The average molecular weight is 319 g/mol. The van der Waals surface area contributed by atoms with Crippen molar-refractivity contribution in [2.24, 2.45) is 5.92 Å². The van der Waals surface area contributed by atoms with Gasteiger partial charge in [0, 0.05) is 31.8 Å². The van der Waals surface area contributed by atoms with Crippen LogP contribution in [-0.4, -0.2) is 49.7 Å². The van der Waals surface area contributed by atoms with Gasteiger partial charge in [-0.3, -0.25) is 4.79 Å². The fourth-order valence-electron chi connectivity index (χ4n) is 2.70. The lowest BCUT2D eigenvalue weighted by Crippen LogP contribution is -2.49. The minimum atomic E-state index is -0.0866. The number of rotatable bonds is 5. The van der Waals surface area contributed by atoms with E-state index < -0.39 is 0 Å². The first-order valence-electron chi connectivity index (χ1n) is 8.00. The van der Waals surface area contributed by atoms with Crippen molar-refractivity contribution in [3.63, 3.8) is 0 Å². The number of anilines is 1. The smallest absolute Gasteiger partial charge is 0.317 e. The summed E-state index contributed by atoms with van der Waals surface area (Å²) in [7, 11) is 1.61. The maximum atomic E-state index is 12.3. The summed E-state index contributed by atoms with van der Waals surface area (Å²) in [6.07, 6.45) is 1.37. The number of benzene rings is 1. The molecule has 3 amide bonds. The minimum absolute atomic E-state index is 0.0217. The first kappa shape index (κ1) is 17.3. The Labute approximate surface area is 137 Å². The summed E-state index contributed by atoms with van der Waals surface area (Å²) in [6.45, 7) is 3.58. The molecule has 1 saturated heterocycles. The van der Waals surface area contributed by atoms with Gasteiger partial charge in [-0.1, -0.05) is 18.2 Å². The third-order valence-electron chi connectivity index (χ3n) is 3.98. The molecule has 0 bridgehead atoms. The molecule has 1 aromatic rings. The number of piperidine rings is 1. The van der Waals surface area contributed by atoms with Gasteiger partial charge in [-0.2, -0.15) is 0 Å². The molecule has 126 valence electrons. The monoisotopic (exact) mass is 319 g/mol. The van der Waals surface area contributed by atoms with Crippen LogP contribution in [0.1, 0.15) is 19.8 Å². The highest BCUT2D eigenvalue weighted by Gasteiger charge is 2.27. The van der Waals surface area contributed by atoms with E-state index in [0.717, 1.165) is 5.69 Å². The van der Waals surface area contributed by atoms with Gasteiger partial charge in [0.2, 0.25) is 5.91 Å². The van der Waals surface area contributed by atoms with Crippen molar-refractivity contribution in [3.05, 3.63) is 30.3 Å². The number of hydrogen-bond acceptors (Lipinski definition) is 3. The molecule has 1 aromatic carbocycles. The van der Waals surface area contributed by atoms with Gasteiger partial charge in [0.15, 0.2) is 0 Å². The SMILES string of the molecule is COCC(C)NC(=O)N1CCC(C(=O)Nc2ccccc2)CC1. The quantitative estimate of drug-likeness (QED) is 0.873. The van der Waals surface area contributed by atoms with Crippen LogP contribution in [0.4, 0.5) is 10.5 Å². The average Bonchev–Trinajstić information content (AvgIpc) is 2.56. The van der Waals surface area contributed by atoms with Crippen LogP contribution < -0.4 is 10.6 Å². The van der Waals surface area contributed by atoms with Gasteiger partial charge in [0.25, 0.3) is 0 Å². The fraction of sp³-hybridized carbons (Fsp3) is 0.529. The Kier molecular flexibility index (Phi) is 6.40. The number of hydrogen-bond donors (Lipinski definition) is 2. The maximum Gasteiger partial charge on any atom is 0.317 e. The molecule has 1 aliphatic rings. The molecule has 23 heavy (non-hydrogen) atoms. The molecule has 0 saturated carbocycles. The number of likely N-dealkylation sites (tertiary alicyclic amines) is 1. The van der Waals surface area contributed by atoms with Crippen molar-refractivity contribution in [1.29, 1.82) is 0 Å². The summed E-state index contributed by atoms with van der Waals surface area (Å²) in [5, 5.41) is 5.83. The number of ether oxygens (including phenoxy) is 1. The third kappa shape index (κ3) is 5.25. The number of carbonyl (C=O) groups is 2. The highest BCUT2D eigenvalue weighted by atomic mass is 16.5. The van der Waals surface area contributed by atoms with E-state index in [1.54, 1.807) is 12.0 Å². The molecule has 0 aromatic heterocycles. The first-order chi connectivity index (χ1) is 11.1. The standard InChI is InChI=1S/C17H25N3O3/c1-13(12-23-2)18-17(22)20-10-8-14(9-11-20)16(21)19-15-6-4-3-5-7-15/h3-7,13-14H,8-12H2,1-2H3,(H,18,22)(H,19,21).